The zero-order chi connectivity index (χ0) is 18.0. The summed E-state index contributed by atoms with van der Waals surface area (Å²) in [5.41, 5.74) is 0.504. The number of rotatable bonds is 3. The van der Waals surface area contributed by atoms with Gasteiger partial charge in [-0.1, -0.05) is 0 Å². The average molecular weight is 432 g/mol. The molecule has 2 fully saturated rings. The van der Waals surface area contributed by atoms with E-state index in [-0.39, 0.29) is 5.91 Å². The summed E-state index contributed by atoms with van der Waals surface area (Å²) < 4.78 is 29.3. The van der Waals surface area contributed by atoms with Crippen LogP contribution in [0.5, 0.6) is 0 Å². The Morgan fingerprint density at radius 1 is 1.00 bits per heavy atom. The van der Waals surface area contributed by atoms with E-state index in [2.05, 4.69) is 25.8 Å². The summed E-state index contributed by atoms with van der Waals surface area (Å²) in [6.45, 7) is 3.94. The molecule has 0 bridgehead atoms. The minimum atomic E-state index is -3.45. The van der Waals surface area contributed by atoms with E-state index in [9.17, 15) is 13.2 Å². The summed E-state index contributed by atoms with van der Waals surface area (Å²) in [7, 11) is -1.46. The first-order valence-corrected chi connectivity index (χ1v) is 10.4. The second-order valence-electron chi connectivity index (χ2n) is 6.29. The quantitative estimate of drug-likeness (QED) is 0.677. The van der Waals surface area contributed by atoms with E-state index < -0.39 is 10.2 Å². The van der Waals surface area contributed by atoms with Gasteiger partial charge in [0.1, 0.15) is 0 Å². The highest BCUT2D eigenvalue weighted by atomic mass is 79.9. The monoisotopic (exact) mass is 431 g/mol. The van der Waals surface area contributed by atoms with Gasteiger partial charge in [0.15, 0.2) is 0 Å². The summed E-state index contributed by atoms with van der Waals surface area (Å²) in [6.07, 6.45) is 3.15. The molecule has 0 unspecified atom stereocenters. The maximum Gasteiger partial charge on any atom is 0.282 e. The van der Waals surface area contributed by atoms with Crippen LogP contribution in [0.4, 0.5) is 0 Å². The van der Waals surface area contributed by atoms with Crippen molar-refractivity contribution < 1.29 is 13.2 Å². The Hall–Kier alpha value is -1.07. The van der Waals surface area contributed by atoms with E-state index in [1.807, 2.05) is 7.05 Å². The number of amides is 1. The van der Waals surface area contributed by atoms with E-state index in [0.29, 0.717) is 44.8 Å². The maximum atomic E-state index is 12.8. The van der Waals surface area contributed by atoms with Crippen molar-refractivity contribution >= 4 is 32.0 Å². The van der Waals surface area contributed by atoms with Gasteiger partial charge in [-0.25, -0.2) is 0 Å². The molecule has 2 aliphatic rings. The van der Waals surface area contributed by atoms with Gasteiger partial charge in [-0.3, -0.25) is 9.78 Å². The molecule has 3 rings (SSSR count). The van der Waals surface area contributed by atoms with Crippen molar-refractivity contribution in [3.05, 3.63) is 28.5 Å². The molecular formula is C15H22BrN5O3S. The van der Waals surface area contributed by atoms with E-state index in [4.69, 9.17) is 0 Å². The lowest BCUT2D eigenvalue weighted by Gasteiger charge is -2.39. The lowest BCUT2D eigenvalue weighted by Crippen LogP contribution is -2.57. The molecule has 3 heterocycles. The lowest BCUT2D eigenvalue weighted by atomic mass is 10.2. The molecule has 0 radical (unpaired) electrons. The van der Waals surface area contributed by atoms with Crippen molar-refractivity contribution in [2.45, 2.75) is 0 Å². The van der Waals surface area contributed by atoms with Gasteiger partial charge >= 0.3 is 0 Å². The number of pyridine rings is 1. The Bertz CT molecular complexity index is 728. The zero-order valence-electron chi connectivity index (χ0n) is 14.1. The highest BCUT2D eigenvalue weighted by Crippen LogP contribution is 2.17. The Morgan fingerprint density at radius 3 is 2.12 bits per heavy atom. The van der Waals surface area contributed by atoms with Gasteiger partial charge < -0.3 is 9.80 Å². The number of nitrogens with zero attached hydrogens (tertiary/aromatic N) is 5. The first-order chi connectivity index (χ1) is 11.9. The molecule has 0 N–H and O–H groups in total. The van der Waals surface area contributed by atoms with Gasteiger partial charge in [-0.05, 0) is 29.0 Å². The molecule has 8 nitrogen and oxygen atoms in total. The number of halogens is 1. The van der Waals surface area contributed by atoms with Gasteiger partial charge in [0.05, 0.1) is 5.56 Å². The molecule has 1 aromatic heterocycles. The Balaban J connectivity index is 1.60. The smallest absolute Gasteiger partial charge is 0.282 e. The topological polar surface area (TPSA) is 77.1 Å². The van der Waals surface area contributed by atoms with Crippen LogP contribution in [0.3, 0.4) is 0 Å². The fourth-order valence-electron chi connectivity index (χ4n) is 3.02. The number of aromatic nitrogens is 1. The number of piperazine rings is 2. The fraction of sp³-hybridized carbons (Fsp3) is 0.600. The zero-order valence-corrected chi connectivity index (χ0v) is 16.5. The highest BCUT2D eigenvalue weighted by molar-refractivity contribution is 9.10. The van der Waals surface area contributed by atoms with E-state index in [0.717, 1.165) is 17.6 Å². The molecule has 0 aliphatic carbocycles. The summed E-state index contributed by atoms with van der Waals surface area (Å²) >= 11 is 3.31. The second-order valence-corrected chi connectivity index (χ2v) is 9.14. The number of carbonyl (C=O) groups excluding carboxylic acids is 1. The van der Waals surface area contributed by atoms with Crippen molar-refractivity contribution in [1.82, 2.24) is 23.4 Å². The van der Waals surface area contributed by atoms with Crippen LogP contribution in [-0.2, 0) is 10.2 Å². The van der Waals surface area contributed by atoms with Crippen molar-refractivity contribution in [1.29, 1.82) is 0 Å². The first-order valence-electron chi connectivity index (χ1n) is 8.21. The molecule has 25 heavy (non-hydrogen) atoms. The third-order valence-electron chi connectivity index (χ3n) is 4.59. The third-order valence-corrected chi connectivity index (χ3v) is 7.06. The van der Waals surface area contributed by atoms with Crippen molar-refractivity contribution in [3.63, 3.8) is 0 Å². The van der Waals surface area contributed by atoms with Gasteiger partial charge in [0.25, 0.3) is 16.1 Å². The Morgan fingerprint density at radius 2 is 1.56 bits per heavy atom. The highest BCUT2D eigenvalue weighted by Gasteiger charge is 2.34. The second kappa shape index (κ2) is 7.67. The van der Waals surface area contributed by atoms with E-state index in [1.165, 1.54) is 10.5 Å². The summed E-state index contributed by atoms with van der Waals surface area (Å²) in [6, 6.07) is 1.72. The molecular weight excluding hydrogens is 410 g/mol. The molecule has 0 spiro atoms. The van der Waals surface area contributed by atoms with E-state index >= 15 is 0 Å². The van der Waals surface area contributed by atoms with Crippen LogP contribution in [0.1, 0.15) is 10.4 Å². The molecule has 0 aromatic carbocycles. The summed E-state index contributed by atoms with van der Waals surface area (Å²) in [5, 5.41) is 0. The van der Waals surface area contributed by atoms with Crippen molar-refractivity contribution in [3.8, 4) is 0 Å². The summed E-state index contributed by atoms with van der Waals surface area (Å²) in [5.74, 6) is -0.120. The van der Waals surface area contributed by atoms with Crippen molar-refractivity contribution in [2.75, 3.05) is 59.4 Å². The third kappa shape index (κ3) is 4.20. The first kappa shape index (κ1) is 18.7. The lowest BCUT2D eigenvalue weighted by molar-refractivity contribution is 0.0691. The minimum Gasteiger partial charge on any atom is -0.336 e. The fourth-order valence-corrected chi connectivity index (χ4v) is 4.96. The molecule has 0 saturated carbocycles. The molecule has 0 atom stereocenters. The van der Waals surface area contributed by atoms with E-state index in [1.54, 1.807) is 21.5 Å². The predicted octanol–water partition coefficient (Wildman–Crippen LogP) is 0.0941. The van der Waals surface area contributed by atoms with Crippen LogP contribution in [0, 0.1) is 0 Å². The van der Waals surface area contributed by atoms with Gasteiger partial charge in [0.2, 0.25) is 0 Å². The van der Waals surface area contributed by atoms with Crippen LogP contribution < -0.4 is 0 Å². The number of carbonyl (C=O) groups is 1. The molecule has 2 aliphatic heterocycles. The number of likely N-dealkylation sites (N-methyl/N-ethyl adjacent to an activating group) is 1. The Kier molecular flexibility index (Phi) is 5.74. The maximum absolute atomic E-state index is 12.8. The average Bonchev–Trinajstić information content (AvgIpc) is 2.61. The Labute approximate surface area is 156 Å². The molecule has 1 aromatic rings. The molecule has 138 valence electrons. The number of hydrogen-bond donors (Lipinski definition) is 0. The largest absolute Gasteiger partial charge is 0.336 e. The van der Waals surface area contributed by atoms with Crippen LogP contribution in [0.2, 0.25) is 0 Å². The van der Waals surface area contributed by atoms with Gasteiger partial charge in [-0.15, -0.1) is 0 Å². The molecule has 1 amide bonds. The summed E-state index contributed by atoms with van der Waals surface area (Å²) in [4.78, 5) is 20.3. The van der Waals surface area contributed by atoms with Crippen LogP contribution in [0.15, 0.2) is 22.9 Å². The predicted molar refractivity (Wildman–Crippen MR) is 97.4 cm³/mol. The minimum absolute atomic E-state index is 0.120. The van der Waals surface area contributed by atoms with Crippen LogP contribution in [0.25, 0.3) is 0 Å². The van der Waals surface area contributed by atoms with Crippen LogP contribution in [-0.4, -0.2) is 97.1 Å². The van der Waals surface area contributed by atoms with Gasteiger partial charge in [0, 0.05) is 69.2 Å². The normalized spacial score (nSPS) is 21.4. The molecule has 2 saturated heterocycles. The standard InChI is InChI=1S/C15H22BrN5O3S/c1-18-2-6-20(7-3-18)25(23,24)21-8-4-19(5-9-21)15(22)13-10-14(16)12-17-11-13/h10-12H,2-9H2,1H3. The van der Waals surface area contributed by atoms with Crippen molar-refractivity contribution in [2.24, 2.45) is 0 Å². The SMILES string of the molecule is CN1CCN(S(=O)(=O)N2CCN(C(=O)c3cncc(Br)c3)CC2)CC1. The van der Waals surface area contributed by atoms with Crippen LogP contribution >= 0.6 is 15.9 Å². The van der Waals surface area contributed by atoms with Gasteiger partial charge in [-0.2, -0.15) is 17.0 Å². The number of hydrogen-bond acceptors (Lipinski definition) is 5. The molecule has 10 heteroatoms.